The number of hydrogen-bond acceptors (Lipinski definition) is 3. The lowest BCUT2D eigenvalue weighted by Gasteiger charge is -2.16. The molecular weight excluding hydrogens is 272 g/mol. The van der Waals surface area contributed by atoms with Crippen LogP contribution in [0.1, 0.15) is 0 Å². The van der Waals surface area contributed by atoms with Crippen LogP contribution in [0.3, 0.4) is 0 Å². The molecule has 0 aromatic heterocycles. The lowest BCUT2D eigenvalue weighted by molar-refractivity contribution is 0.0193. The minimum atomic E-state index is -0.946. The first-order valence-corrected chi connectivity index (χ1v) is 14.9. The van der Waals surface area contributed by atoms with Gasteiger partial charge in [0.2, 0.25) is 0 Å². The Hall–Kier alpha value is 0.314. The third-order valence-corrected chi connectivity index (χ3v) is 6.15. The summed E-state index contributed by atoms with van der Waals surface area (Å²) in [6.07, 6.45) is 0. The largest absolute Gasteiger partial charge is 0.379 e. The first-order valence-electron chi connectivity index (χ1n) is 7.44. The van der Waals surface area contributed by atoms with Crippen molar-refractivity contribution in [2.24, 2.45) is 0 Å². The Morgan fingerprint density at radius 2 is 0.737 bits per heavy atom. The highest BCUT2D eigenvalue weighted by molar-refractivity contribution is 6.76. The minimum absolute atomic E-state index is 0.684. The summed E-state index contributed by atoms with van der Waals surface area (Å²) in [6.45, 7) is 18.7. The zero-order chi connectivity index (χ0) is 14.8. The molecule has 3 nitrogen and oxygen atoms in total. The Bertz CT molecular complexity index is 188. The van der Waals surface area contributed by atoms with E-state index in [2.05, 4.69) is 39.3 Å². The molecule has 0 heterocycles. The molecule has 0 N–H and O–H groups in total. The van der Waals surface area contributed by atoms with Crippen molar-refractivity contribution in [3.05, 3.63) is 0 Å². The maximum Gasteiger partial charge on any atom is 0.0701 e. The summed E-state index contributed by atoms with van der Waals surface area (Å²) in [5.41, 5.74) is 0. The molecule has 0 aliphatic carbocycles. The van der Waals surface area contributed by atoms with Gasteiger partial charge in [-0.15, -0.1) is 0 Å². The van der Waals surface area contributed by atoms with Crippen molar-refractivity contribution in [1.82, 2.24) is 0 Å². The summed E-state index contributed by atoms with van der Waals surface area (Å²) in [6, 6.07) is 2.46. The molecular formula is C14H34O3Si2. The fourth-order valence-electron chi connectivity index (χ4n) is 1.30. The molecule has 0 spiro atoms. The quantitative estimate of drug-likeness (QED) is 0.406. The fraction of sp³-hybridized carbons (Fsp3) is 1.00. The summed E-state index contributed by atoms with van der Waals surface area (Å²) in [5, 5.41) is 0. The van der Waals surface area contributed by atoms with Gasteiger partial charge >= 0.3 is 0 Å². The third kappa shape index (κ3) is 18.3. The Morgan fingerprint density at radius 3 is 1.00 bits per heavy atom. The lowest BCUT2D eigenvalue weighted by Crippen LogP contribution is -2.22. The van der Waals surface area contributed by atoms with Crippen molar-refractivity contribution in [2.75, 3.05) is 39.6 Å². The van der Waals surface area contributed by atoms with Gasteiger partial charge in [-0.2, -0.15) is 0 Å². The second-order valence-corrected chi connectivity index (χ2v) is 18.7. The van der Waals surface area contributed by atoms with Gasteiger partial charge in [0.05, 0.1) is 26.4 Å². The van der Waals surface area contributed by atoms with Crippen LogP contribution in [-0.2, 0) is 14.2 Å². The van der Waals surface area contributed by atoms with E-state index in [-0.39, 0.29) is 0 Å². The zero-order valence-corrected chi connectivity index (χ0v) is 15.9. The predicted molar refractivity (Wildman–Crippen MR) is 88.8 cm³/mol. The van der Waals surface area contributed by atoms with Crippen LogP contribution in [0, 0.1) is 0 Å². The smallest absolute Gasteiger partial charge is 0.0701 e. The van der Waals surface area contributed by atoms with Gasteiger partial charge in [0.1, 0.15) is 0 Å². The summed E-state index contributed by atoms with van der Waals surface area (Å²) < 4.78 is 16.6. The van der Waals surface area contributed by atoms with Crippen LogP contribution in [0.25, 0.3) is 0 Å². The van der Waals surface area contributed by atoms with Gasteiger partial charge in [0, 0.05) is 29.4 Å². The highest BCUT2D eigenvalue weighted by atomic mass is 28.3. The second kappa shape index (κ2) is 10.1. The predicted octanol–water partition coefficient (Wildman–Crippen LogP) is 3.71. The molecule has 0 aromatic carbocycles. The van der Waals surface area contributed by atoms with Gasteiger partial charge < -0.3 is 14.2 Å². The Morgan fingerprint density at radius 1 is 0.474 bits per heavy atom. The Kier molecular flexibility index (Phi) is 10.3. The van der Waals surface area contributed by atoms with Gasteiger partial charge in [-0.1, -0.05) is 39.3 Å². The van der Waals surface area contributed by atoms with Crippen LogP contribution in [-0.4, -0.2) is 55.8 Å². The molecule has 0 aliphatic heterocycles. The summed E-state index contributed by atoms with van der Waals surface area (Å²) in [4.78, 5) is 0. The van der Waals surface area contributed by atoms with E-state index in [0.29, 0.717) is 26.4 Å². The highest BCUT2D eigenvalue weighted by Gasteiger charge is 2.12. The molecule has 116 valence electrons. The van der Waals surface area contributed by atoms with E-state index < -0.39 is 16.1 Å². The normalized spacial score (nSPS) is 12.9. The molecule has 19 heavy (non-hydrogen) atoms. The molecule has 0 fully saturated rings. The molecule has 5 heteroatoms. The van der Waals surface area contributed by atoms with Gasteiger partial charge in [0.25, 0.3) is 0 Å². The van der Waals surface area contributed by atoms with Crippen LogP contribution in [0.4, 0.5) is 0 Å². The first-order chi connectivity index (χ1) is 8.71. The van der Waals surface area contributed by atoms with E-state index in [1.807, 2.05) is 0 Å². The van der Waals surface area contributed by atoms with E-state index in [1.165, 1.54) is 12.1 Å². The zero-order valence-electron chi connectivity index (χ0n) is 13.9. The third-order valence-electron chi connectivity index (χ3n) is 2.74. The topological polar surface area (TPSA) is 27.7 Å². The van der Waals surface area contributed by atoms with Crippen LogP contribution in [0.2, 0.25) is 51.4 Å². The van der Waals surface area contributed by atoms with Crippen LogP contribution < -0.4 is 0 Å². The van der Waals surface area contributed by atoms with E-state index in [9.17, 15) is 0 Å². The van der Waals surface area contributed by atoms with Gasteiger partial charge in [-0.05, 0) is 12.1 Å². The van der Waals surface area contributed by atoms with E-state index in [1.54, 1.807) is 0 Å². The summed E-state index contributed by atoms with van der Waals surface area (Å²) in [5.74, 6) is 0. The van der Waals surface area contributed by atoms with Crippen LogP contribution >= 0.6 is 0 Å². The number of ether oxygens (including phenoxy) is 3. The molecule has 0 amide bonds. The average molecular weight is 307 g/mol. The van der Waals surface area contributed by atoms with Crippen molar-refractivity contribution in [3.8, 4) is 0 Å². The lowest BCUT2D eigenvalue weighted by atomic mass is 10.7. The Labute approximate surface area is 122 Å². The maximum atomic E-state index is 5.56. The monoisotopic (exact) mass is 306 g/mol. The maximum absolute atomic E-state index is 5.56. The molecule has 0 aliphatic rings. The summed E-state index contributed by atoms with van der Waals surface area (Å²) in [7, 11) is -1.89. The van der Waals surface area contributed by atoms with Crippen molar-refractivity contribution in [1.29, 1.82) is 0 Å². The Balaban J connectivity index is 3.12. The van der Waals surface area contributed by atoms with E-state index in [4.69, 9.17) is 14.2 Å². The summed E-state index contributed by atoms with van der Waals surface area (Å²) >= 11 is 0. The molecule has 0 aromatic rings. The molecule has 0 bridgehead atoms. The molecule has 0 atom stereocenters. The van der Waals surface area contributed by atoms with E-state index in [0.717, 1.165) is 13.2 Å². The van der Waals surface area contributed by atoms with E-state index >= 15 is 0 Å². The van der Waals surface area contributed by atoms with Crippen molar-refractivity contribution >= 4 is 16.1 Å². The van der Waals surface area contributed by atoms with Crippen LogP contribution in [0.5, 0.6) is 0 Å². The average Bonchev–Trinajstić information content (AvgIpc) is 2.22. The van der Waals surface area contributed by atoms with Gasteiger partial charge in [-0.3, -0.25) is 0 Å². The second-order valence-electron chi connectivity index (χ2n) is 7.46. The standard InChI is InChI=1S/C14H34O3Si2/c1-18(2,3)13-11-16-9-7-15-8-10-17-12-14-19(4,5)6/h7-14H2,1-6H3. The molecule has 0 saturated carbocycles. The van der Waals surface area contributed by atoms with Crippen molar-refractivity contribution in [2.45, 2.75) is 51.4 Å². The molecule has 0 unspecified atom stereocenters. The number of hydrogen-bond donors (Lipinski definition) is 0. The molecule has 0 rings (SSSR count). The SMILES string of the molecule is C[Si](C)(C)CCOCCOCCOCC[Si](C)(C)C. The minimum Gasteiger partial charge on any atom is -0.379 e. The van der Waals surface area contributed by atoms with Crippen molar-refractivity contribution in [3.63, 3.8) is 0 Å². The molecule has 0 saturated heterocycles. The van der Waals surface area contributed by atoms with Gasteiger partial charge in [0.15, 0.2) is 0 Å². The van der Waals surface area contributed by atoms with Gasteiger partial charge in [-0.25, -0.2) is 0 Å². The first kappa shape index (κ1) is 19.3. The van der Waals surface area contributed by atoms with Crippen molar-refractivity contribution < 1.29 is 14.2 Å². The van der Waals surface area contributed by atoms with Crippen LogP contribution in [0.15, 0.2) is 0 Å². The molecule has 0 radical (unpaired) electrons. The fourth-order valence-corrected chi connectivity index (χ4v) is 2.81. The number of rotatable bonds is 12. The highest BCUT2D eigenvalue weighted by Crippen LogP contribution is 2.08.